The molecule has 4 aromatic rings. The number of likely N-dealkylation sites (tertiary alicyclic amines) is 1. The van der Waals surface area contributed by atoms with Crippen LogP contribution in [0.3, 0.4) is 0 Å². The number of hydrogen-bond acceptors (Lipinski definition) is 4. The second kappa shape index (κ2) is 12.8. The lowest BCUT2D eigenvalue weighted by Crippen LogP contribution is -2.47. The van der Waals surface area contributed by atoms with E-state index in [2.05, 4.69) is 79.0 Å². The predicted molar refractivity (Wildman–Crippen MR) is 156 cm³/mol. The second-order valence-electron chi connectivity index (χ2n) is 9.91. The summed E-state index contributed by atoms with van der Waals surface area (Å²) in [6.45, 7) is 4.11. The quantitative estimate of drug-likeness (QED) is 0.264. The normalized spacial score (nSPS) is 17.7. The van der Waals surface area contributed by atoms with Crippen molar-refractivity contribution in [2.24, 2.45) is 5.92 Å². The van der Waals surface area contributed by atoms with E-state index < -0.39 is 12.1 Å². The lowest BCUT2D eigenvalue weighted by molar-refractivity contribution is 0.0697. The number of hydrogen-bond donors (Lipinski definition) is 2. The number of nitrogens with zero attached hydrogens (tertiary/aromatic N) is 1. The van der Waals surface area contributed by atoms with Gasteiger partial charge in [-0.25, -0.2) is 9.59 Å². The van der Waals surface area contributed by atoms with Gasteiger partial charge in [0.05, 0.1) is 5.56 Å². The first-order chi connectivity index (χ1) is 18.5. The zero-order valence-electron chi connectivity index (χ0n) is 21.8. The summed E-state index contributed by atoms with van der Waals surface area (Å²) in [6, 6.07) is 31.4. The van der Waals surface area contributed by atoms with Crippen molar-refractivity contribution in [1.29, 1.82) is 0 Å². The summed E-state index contributed by atoms with van der Waals surface area (Å²) in [4.78, 5) is 25.9. The average molecular weight is 545 g/mol. The number of fused-ring (bicyclic) bond motifs is 1. The van der Waals surface area contributed by atoms with Crippen molar-refractivity contribution in [2.75, 3.05) is 19.6 Å². The molecule has 1 heterocycles. The van der Waals surface area contributed by atoms with Crippen LogP contribution >= 0.6 is 12.4 Å². The predicted octanol–water partition coefficient (Wildman–Crippen LogP) is 6.92. The molecule has 0 bridgehead atoms. The fourth-order valence-corrected chi connectivity index (χ4v) is 5.44. The molecule has 0 radical (unpaired) electrons. The first kappa shape index (κ1) is 28.1. The Kier molecular flexibility index (Phi) is 9.23. The van der Waals surface area contributed by atoms with Crippen LogP contribution in [0.4, 0.5) is 4.79 Å². The van der Waals surface area contributed by atoms with Crippen LogP contribution in [-0.2, 0) is 0 Å². The first-order valence-corrected chi connectivity index (χ1v) is 13.1. The van der Waals surface area contributed by atoms with Crippen molar-refractivity contribution >= 4 is 35.2 Å². The number of carboxylic acid groups (broad SMARTS) is 1. The van der Waals surface area contributed by atoms with E-state index in [4.69, 9.17) is 9.84 Å². The van der Waals surface area contributed by atoms with Crippen LogP contribution in [-0.4, -0.2) is 41.7 Å². The van der Waals surface area contributed by atoms with Crippen LogP contribution in [0.1, 0.15) is 46.8 Å². The number of carboxylic acids is 1. The van der Waals surface area contributed by atoms with Gasteiger partial charge in [-0.1, -0.05) is 72.8 Å². The molecule has 6 nitrogen and oxygen atoms in total. The van der Waals surface area contributed by atoms with Crippen molar-refractivity contribution in [2.45, 2.75) is 25.3 Å². The number of benzene rings is 4. The Morgan fingerprint density at radius 2 is 1.64 bits per heavy atom. The van der Waals surface area contributed by atoms with Crippen LogP contribution < -0.4 is 10.1 Å². The number of amides is 1. The van der Waals surface area contributed by atoms with Gasteiger partial charge in [-0.05, 0) is 71.3 Å². The molecular formula is C32H33ClN2O4. The van der Waals surface area contributed by atoms with Gasteiger partial charge in [0.1, 0.15) is 5.75 Å². The highest BCUT2D eigenvalue weighted by Gasteiger charge is 2.33. The molecule has 2 N–H and O–H groups in total. The van der Waals surface area contributed by atoms with Crippen LogP contribution in [0.15, 0.2) is 97.1 Å². The highest BCUT2D eigenvalue weighted by Crippen LogP contribution is 2.34. The van der Waals surface area contributed by atoms with E-state index in [9.17, 15) is 9.59 Å². The van der Waals surface area contributed by atoms with E-state index in [1.165, 1.54) is 46.2 Å². The molecule has 7 heteroatoms. The highest BCUT2D eigenvalue weighted by molar-refractivity contribution is 5.88. The van der Waals surface area contributed by atoms with Gasteiger partial charge < -0.3 is 20.1 Å². The second-order valence-corrected chi connectivity index (χ2v) is 9.91. The number of halogens is 1. The third-order valence-electron chi connectivity index (χ3n) is 7.50. The SMILES string of the molecule is C[C@@H](NCC1CN(C(=O)Oc2ccc(C(=O)O)cc2)CCC1c1ccccc1)c1cccc2ccccc12.Cl. The van der Waals surface area contributed by atoms with Crippen LogP contribution in [0.2, 0.25) is 0 Å². The highest BCUT2D eigenvalue weighted by atomic mass is 35.5. The number of rotatable bonds is 7. The third kappa shape index (κ3) is 6.59. The van der Waals surface area contributed by atoms with Crippen molar-refractivity contribution < 1.29 is 19.4 Å². The summed E-state index contributed by atoms with van der Waals surface area (Å²) in [7, 11) is 0. The summed E-state index contributed by atoms with van der Waals surface area (Å²) in [5.74, 6) is -0.156. The summed E-state index contributed by atoms with van der Waals surface area (Å²) < 4.78 is 5.59. The molecule has 0 aromatic heterocycles. The average Bonchev–Trinajstić information content (AvgIpc) is 2.96. The molecule has 1 fully saturated rings. The van der Waals surface area contributed by atoms with Gasteiger partial charge in [-0.15, -0.1) is 12.4 Å². The van der Waals surface area contributed by atoms with Gasteiger partial charge >= 0.3 is 12.1 Å². The lowest BCUT2D eigenvalue weighted by atomic mass is 9.80. The summed E-state index contributed by atoms with van der Waals surface area (Å²) >= 11 is 0. The van der Waals surface area contributed by atoms with Crippen molar-refractivity contribution in [3.05, 3.63) is 114 Å². The number of aromatic carboxylic acids is 1. The standard InChI is InChI=1S/C32H32N2O4.ClH/c1-22(28-13-7-11-24-10-5-6-12-30(24)28)33-20-26-21-34(19-18-29(26)23-8-3-2-4-9-23)32(37)38-27-16-14-25(15-17-27)31(35)36;/h2-17,22,26,29,33H,18-21H2,1H3,(H,35,36);1H/t22-,26?,29?;/m1./s1. The Bertz CT molecular complexity index is 1410. The van der Waals surface area contributed by atoms with E-state index in [0.29, 0.717) is 24.8 Å². The molecule has 5 rings (SSSR count). The molecular weight excluding hydrogens is 512 g/mol. The van der Waals surface area contributed by atoms with Crippen molar-refractivity contribution in [1.82, 2.24) is 10.2 Å². The van der Waals surface area contributed by atoms with Gasteiger partial charge in [0, 0.05) is 25.7 Å². The van der Waals surface area contributed by atoms with E-state index in [1.54, 1.807) is 4.90 Å². The molecule has 202 valence electrons. The van der Waals surface area contributed by atoms with Crippen molar-refractivity contribution in [3.8, 4) is 5.75 Å². The molecule has 4 aromatic carbocycles. The van der Waals surface area contributed by atoms with E-state index >= 15 is 0 Å². The minimum atomic E-state index is -1.01. The maximum Gasteiger partial charge on any atom is 0.415 e. The number of carbonyl (C=O) groups is 2. The topological polar surface area (TPSA) is 78.9 Å². The molecule has 39 heavy (non-hydrogen) atoms. The Balaban J connectivity index is 0.00000353. The number of ether oxygens (including phenoxy) is 1. The number of nitrogens with one attached hydrogen (secondary N) is 1. The van der Waals surface area contributed by atoms with Crippen molar-refractivity contribution in [3.63, 3.8) is 0 Å². The van der Waals surface area contributed by atoms with E-state index in [0.717, 1.165) is 13.0 Å². The Morgan fingerprint density at radius 3 is 2.38 bits per heavy atom. The van der Waals surface area contributed by atoms with Gasteiger partial charge in [0.15, 0.2) is 0 Å². The summed E-state index contributed by atoms with van der Waals surface area (Å²) in [5.41, 5.74) is 2.70. The largest absolute Gasteiger partial charge is 0.478 e. The molecule has 1 aliphatic heterocycles. The Hall–Kier alpha value is -3.87. The minimum Gasteiger partial charge on any atom is -0.478 e. The molecule has 1 amide bonds. The minimum absolute atomic E-state index is 0. The first-order valence-electron chi connectivity index (χ1n) is 13.1. The van der Waals surface area contributed by atoms with Gasteiger partial charge in [0.25, 0.3) is 0 Å². The van der Waals surface area contributed by atoms with Crippen LogP contribution in [0, 0.1) is 5.92 Å². The maximum absolute atomic E-state index is 13.0. The van der Waals surface area contributed by atoms with Crippen LogP contribution in [0.25, 0.3) is 10.8 Å². The maximum atomic E-state index is 13.0. The molecule has 1 aliphatic rings. The van der Waals surface area contributed by atoms with Gasteiger partial charge in [-0.3, -0.25) is 0 Å². The Morgan fingerprint density at radius 1 is 0.949 bits per heavy atom. The number of carbonyl (C=O) groups excluding carboxylic acids is 1. The molecule has 0 saturated carbocycles. The smallest absolute Gasteiger partial charge is 0.415 e. The third-order valence-corrected chi connectivity index (χ3v) is 7.50. The summed E-state index contributed by atoms with van der Waals surface area (Å²) in [6.07, 6.45) is 0.429. The van der Waals surface area contributed by atoms with Gasteiger partial charge in [-0.2, -0.15) is 0 Å². The monoisotopic (exact) mass is 544 g/mol. The van der Waals surface area contributed by atoms with Crippen LogP contribution in [0.5, 0.6) is 5.75 Å². The molecule has 0 spiro atoms. The fourth-order valence-electron chi connectivity index (χ4n) is 5.44. The van der Waals surface area contributed by atoms with E-state index in [1.807, 2.05) is 6.07 Å². The lowest BCUT2D eigenvalue weighted by Gasteiger charge is -2.39. The summed E-state index contributed by atoms with van der Waals surface area (Å²) in [5, 5.41) is 15.3. The zero-order chi connectivity index (χ0) is 26.5. The number of piperidine rings is 1. The molecule has 3 atom stereocenters. The van der Waals surface area contributed by atoms with Gasteiger partial charge in [0.2, 0.25) is 0 Å². The molecule has 0 aliphatic carbocycles. The van der Waals surface area contributed by atoms with E-state index in [-0.39, 0.29) is 29.9 Å². The molecule has 1 saturated heterocycles. The Labute approximate surface area is 235 Å². The zero-order valence-corrected chi connectivity index (χ0v) is 22.6. The fraction of sp³-hybridized carbons (Fsp3) is 0.250. The molecule has 2 unspecified atom stereocenters.